The topological polar surface area (TPSA) is 63.7 Å². The van der Waals surface area contributed by atoms with Crippen molar-refractivity contribution in [2.45, 2.75) is 18.6 Å². The van der Waals surface area contributed by atoms with Crippen LogP contribution in [-0.2, 0) is 9.47 Å². The number of halogens is 2. The Morgan fingerprint density at radius 1 is 1.11 bits per heavy atom. The van der Waals surface area contributed by atoms with Crippen LogP contribution in [0.3, 0.4) is 0 Å². The predicted octanol–water partition coefficient (Wildman–Crippen LogP) is 3.08. The van der Waals surface area contributed by atoms with Crippen molar-refractivity contribution in [1.29, 1.82) is 0 Å². The number of pyridine rings is 1. The molecule has 142 valence electrons. The number of nitrogens with zero attached hydrogens (tertiary/aromatic N) is 2. The molecule has 1 spiro atoms. The fourth-order valence-corrected chi connectivity index (χ4v) is 3.37. The Labute approximate surface area is 155 Å². The average molecular weight is 375 g/mol. The fourth-order valence-electron chi connectivity index (χ4n) is 3.37. The molecule has 0 atom stereocenters. The minimum Gasteiger partial charge on any atom is -0.353 e. The van der Waals surface area contributed by atoms with Crippen LogP contribution < -0.4 is 5.32 Å². The summed E-state index contributed by atoms with van der Waals surface area (Å²) in [5.74, 6) is -2.11. The number of benzene rings is 1. The molecule has 0 bridgehead atoms. The van der Waals surface area contributed by atoms with Gasteiger partial charge in [0.2, 0.25) is 0 Å². The molecule has 0 unspecified atom stereocenters. The van der Waals surface area contributed by atoms with Gasteiger partial charge >= 0.3 is 0 Å². The zero-order chi connectivity index (χ0) is 18.9. The van der Waals surface area contributed by atoms with Crippen molar-refractivity contribution in [3.05, 3.63) is 53.9 Å². The molecule has 2 saturated heterocycles. The Hall–Kier alpha value is -2.58. The van der Waals surface area contributed by atoms with Crippen molar-refractivity contribution in [3.63, 3.8) is 0 Å². The fraction of sp³-hybridized carbons (Fsp3) is 0.368. The number of rotatable bonds is 3. The van der Waals surface area contributed by atoms with Gasteiger partial charge in [-0.3, -0.25) is 9.78 Å². The molecule has 2 fully saturated rings. The molecule has 2 aliphatic heterocycles. The lowest BCUT2D eigenvalue weighted by Gasteiger charge is -2.37. The van der Waals surface area contributed by atoms with E-state index in [1.165, 1.54) is 12.3 Å². The SMILES string of the molecule is O=C(c1cc(Nc2ccc(F)cc2F)ccn1)N1CCC2(CC1)OCCO2. The highest BCUT2D eigenvalue weighted by Gasteiger charge is 2.41. The number of anilines is 2. The Morgan fingerprint density at radius 2 is 1.85 bits per heavy atom. The molecule has 6 nitrogen and oxygen atoms in total. The summed E-state index contributed by atoms with van der Waals surface area (Å²) in [4.78, 5) is 18.6. The molecule has 8 heteroatoms. The molecule has 27 heavy (non-hydrogen) atoms. The summed E-state index contributed by atoms with van der Waals surface area (Å²) >= 11 is 0. The van der Waals surface area contributed by atoms with Crippen LogP contribution >= 0.6 is 0 Å². The van der Waals surface area contributed by atoms with Gasteiger partial charge in [0.1, 0.15) is 17.3 Å². The molecule has 1 aromatic carbocycles. The lowest BCUT2D eigenvalue weighted by molar-refractivity contribution is -0.181. The molecule has 1 amide bonds. The quantitative estimate of drug-likeness (QED) is 0.893. The normalized spacial score (nSPS) is 18.7. The molecule has 0 radical (unpaired) electrons. The van der Waals surface area contributed by atoms with Crippen LogP contribution in [-0.4, -0.2) is 47.9 Å². The van der Waals surface area contributed by atoms with Gasteiger partial charge in [0.15, 0.2) is 5.79 Å². The van der Waals surface area contributed by atoms with Crippen LogP contribution in [0.1, 0.15) is 23.3 Å². The molecule has 0 aliphatic carbocycles. The Kier molecular flexibility index (Phi) is 4.75. The van der Waals surface area contributed by atoms with Crippen molar-refractivity contribution in [2.75, 3.05) is 31.6 Å². The Balaban J connectivity index is 1.45. The molecular weight excluding hydrogens is 356 g/mol. The number of nitrogens with one attached hydrogen (secondary N) is 1. The van der Waals surface area contributed by atoms with E-state index in [4.69, 9.17) is 9.47 Å². The maximum Gasteiger partial charge on any atom is 0.272 e. The van der Waals surface area contributed by atoms with Gasteiger partial charge in [-0.1, -0.05) is 0 Å². The van der Waals surface area contributed by atoms with Gasteiger partial charge in [-0.05, 0) is 24.3 Å². The highest BCUT2D eigenvalue weighted by atomic mass is 19.1. The molecule has 3 heterocycles. The van der Waals surface area contributed by atoms with Gasteiger partial charge in [0.05, 0.1) is 18.9 Å². The summed E-state index contributed by atoms with van der Waals surface area (Å²) in [6, 6.07) is 6.43. The van der Waals surface area contributed by atoms with Crippen LogP contribution in [0.4, 0.5) is 20.2 Å². The summed E-state index contributed by atoms with van der Waals surface area (Å²) in [5.41, 5.74) is 0.873. The minimum atomic E-state index is -0.711. The van der Waals surface area contributed by atoms with Crippen molar-refractivity contribution in [1.82, 2.24) is 9.88 Å². The van der Waals surface area contributed by atoms with Gasteiger partial charge in [-0.15, -0.1) is 0 Å². The van der Waals surface area contributed by atoms with Crippen molar-refractivity contribution in [3.8, 4) is 0 Å². The minimum absolute atomic E-state index is 0.122. The van der Waals surface area contributed by atoms with Gasteiger partial charge < -0.3 is 19.7 Å². The van der Waals surface area contributed by atoms with Crippen molar-refractivity contribution < 1.29 is 23.0 Å². The first-order chi connectivity index (χ1) is 13.0. The van der Waals surface area contributed by atoms with Crippen LogP contribution in [0.2, 0.25) is 0 Å². The zero-order valence-electron chi connectivity index (χ0n) is 14.6. The molecule has 1 aromatic heterocycles. The van der Waals surface area contributed by atoms with Gasteiger partial charge in [-0.2, -0.15) is 0 Å². The summed E-state index contributed by atoms with van der Waals surface area (Å²) in [6.45, 7) is 2.21. The number of likely N-dealkylation sites (tertiary alicyclic amines) is 1. The first-order valence-electron chi connectivity index (χ1n) is 8.80. The Morgan fingerprint density at radius 3 is 2.56 bits per heavy atom. The number of piperidine rings is 1. The zero-order valence-corrected chi connectivity index (χ0v) is 14.6. The summed E-state index contributed by atoms with van der Waals surface area (Å²) < 4.78 is 38.2. The number of hydrogen-bond acceptors (Lipinski definition) is 5. The van der Waals surface area contributed by atoms with E-state index in [0.717, 1.165) is 12.1 Å². The number of hydrogen-bond donors (Lipinski definition) is 1. The second kappa shape index (κ2) is 7.21. The van der Waals surface area contributed by atoms with E-state index in [9.17, 15) is 13.6 Å². The maximum atomic E-state index is 13.8. The summed E-state index contributed by atoms with van der Waals surface area (Å²) in [7, 11) is 0. The van der Waals surface area contributed by atoms with Crippen LogP contribution in [0.5, 0.6) is 0 Å². The molecule has 2 aliphatic rings. The number of carbonyl (C=O) groups excluding carboxylic acids is 1. The molecule has 1 N–H and O–H groups in total. The Bertz CT molecular complexity index is 846. The van der Waals surface area contributed by atoms with Crippen molar-refractivity contribution in [2.24, 2.45) is 0 Å². The van der Waals surface area contributed by atoms with Crippen LogP contribution in [0.25, 0.3) is 0 Å². The third-order valence-corrected chi connectivity index (χ3v) is 4.82. The van der Waals surface area contributed by atoms with E-state index in [1.54, 1.807) is 17.0 Å². The summed E-state index contributed by atoms with van der Waals surface area (Å²) in [5, 5.41) is 2.84. The highest BCUT2D eigenvalue weighted by Crippen LogP contribution is 2.31. The molecule has 4 rings (SSSR count). The highest BCUT2D eigenvalue weighted by molar-refractivity contribution is 5.93. The second-order valence-corrected chi connectivity index (χ2v) is 6.58. The number of carbonyl (C=O) groups is 1. The summed E-state index contributed by atoms with van der Waals surface area (Å²) in [6.07, 6.45) is 2.72. The van der Waals surface area contributed by atoms with E-state index in [-0.39, 0.29) is 17.3 Å². The maximum absolute atomic E-state index is 13.8. The molecule has 2 aromatic rings. The first kappa shape index (κ1) is 17.8. The van der Waals surface area contributed by atoms with Gasteiger partial charge in [0.25, 0.3) is 5.91 Å². The van der Waals surface area contributed by atoms with Crippen LogP contribution in [0, 0.1) is 11.6 Å². The van der Waals surface area contributed by atoms with E-state index in [2.05, 4.69) is 10.3 Å². The van der Waals surface area contributed by atoms with E-state index < -0.39 is 17.4 Å². The van der Waals surface area contributed by atoms with Gasteiger partial charge in [0, 0.05) is 43.9 Å². The third-order valence-electron chi connectivity index (χ3n) is 4.82. The smallest absolute Gasteiger partial charge is 0.272 e. The average Bonchev–Trinajstić information content (AvgIpc) is 3.12. The third kappa shape index (κ3) is 3.77. The molecular formula is C19H19F2N3O3. The van der Waals surface area contributed by atoms with Gasteiger partial charge in [-0.25, -0.2) is 8.78 Å². The van der Waals surface area contributed by atoms with Crippen molar-refractivity contribution >= 4 is 17.3 Å². The lowest BCUT2D eigenvalue weighted by atomic mass is 10.0. The molecule has 0 saturated carbocycles. The number of ether oxygens (including phenoxy) is 2. The van der Waals surface area contributed by atoms with E-state index in [0.29, 0.717) is 44.8 Å². The monoisotopic (exact) mass is 375 g/mol. The largest absolute Gasteiger partial charge is 0.353 e. The number of amides is 1. The standard InChI is InChI=1S/C19H19F2N3O3/c20-13-1-2-16(15(21)11-13)23-14-3-6-22-17(12-14)18(25)24-7-4-19(5-8-24)26-9-10-27-19/h1-3,6,11-12H,4-5,7-10H2,(H,22,23). The first-order valence-corrected chi connectivity index (χ1v) is 8.80. The lowest BCUT2D eigenvalue weighted by Crippen LogP contribution is -2.47. The van der Waals surface area contributed by atoms with E-state index in [1.807, 2.05) is 0 Å². The predicted molar refractivity (Wildman–Crippen MR) is 93.7 cm³/mol. The van der Waals surface area contributed by atoms with Crippen LogP contribution in [0.15, 0.2) is 36.5 Å². The number of aromatic nitrogens is 1. The second-order valence-electron chi connectivity index (χ2n) is 6.58. The van der Waals surface area contributed by atoms with E-state index >= 15 is 0 Å².